The third-order valence-electron chi connectivity index (χ3n) is 4.07. The largest absolute Gasteiger partial charge is 0.446 e. The number of hydrogen-bond acceptors (Lipinski definition) is 2. The van der Waals surface area contributed by atoms with Crippen LogP contribution in [0.15, 0.2) is 55.0 Å². The number of aromatic nitrogens is 3. The quantitative estimate of drug-likeness (QED) is 0.505. The Hall–Kier alpha value is -2.75. The minimum atomic E-state index is -0.261. The molecule has 0 atom stereocenters. The van der Waals surface area contributed by atoms with Crippen LogP contribution in [0, 0.1) is 0 Å². The van der Waals surface area contributed by atoms with E-state index in [1.807, 2.05) is 42.7 Å². The first-order valence-electron chi connectivity index (χ1n) is 7.52. The van der Waals surface area contributed by atoms with Gasteiger partial charge in [-0.05, 0) is 35.9 Å². The van der Waals surface area contributed by atoms with Gasteiger partial charge in [0.25, 0.3) is 6.03 Å². The number of rotatable bonds is 3. The number of nitrogens with one attached hydrogen (secondary N) is 3. The topological polar surface area (TPSA) is 74.7 Å². The summed E-state index contributed by atoms with van der Waals surface area (Å²) in [6, 6.07) is 11.6. The standard InChI is InChI=1S/C17H15N5O.Al/c18-17(23)21-14-4-1-5-15-13(14)6-8-22(15)10-11-9-20-16-12(11)3-2-7-19-16;/h1-9H,10H2,(H4,18,19,20,21,23);/q;+1/p-1. The molecular weight excluding hydrogens is 317 g/mol. The molecule has 3 heterocycles. The maximum absolute atomic E-state index is 11.6. The first-order valence-corrected chi connectivity index (χ1v) is 8.10. The third-order valence-corrected chi connectivity index (χ3v) is 4.33. The van der Waals surface area contributed by atoms with Crippen LogP contribution >= 0.6 is 0 Å². The SMILES string of the molecule is O=C([NH][Al])Nc1cccc2c1ccn2Cc1c[nH]c2ncccc12. The van der Waals surface area contributed by atoms with Gasteiger partial charge >= 0.3 is 16.5 Å². The molecule has 4 aromatic rings. The number of pyridine rings is 1. The Bertz CT molecular complexity index is 1040. The highest BCUT2D eigenvalue weighted by Gasteiger charge is 2.10. The Morgan fingerprint density at radius 1 is 1.21 bits per heavy atom. The van der Waals surface area contributed by atoms with Gasteiger partial charge in [0.15, 0.2) is 0 Å². The second kappa shape index (κ2) is 6.04. The van der Waals surface area contributed by atoms with Crippen molar-refractivity contribution in [1.82, 2.24) is 18.8 Å². The van der Waals surface area contributed by atoms with Crippen LogP contribution in [0.3, 0.4) is 0 Å². The molecule has 0 bridgehead atoms. The normalized spacial score (nSPS) is 11.0. The molecule has 0 aliphatic rings. The van der Waals surface area contributed by atoms with E-state index in [1.165, 1.54) is 5.56 Å². The van der Waals surface area contributed by atoms with E-state index in [0.717, 1.165) is 34.2 Å². The lowest BCUT2D eigenvalue weighted by atomic mass is 10.2. The highest BCUT2D eigenvalue weighted by molar-refractivity contribution is 6.17. The van der Waals surface area contributed by atoms with E-state index in [-0.39, 0.29) is 6.03 Å². The summed E-state index contributed by atoms with van der Waals surface area (Å²) in [7, 11) is 0. The van der Waals surface area contributed by atoms with Gasteiger partial charge in [0.2, 0.25) is 0 Å². The zero-order chi connectivity index (χ0) is 16.5. The number of amides is 2. The molecule has 0 saturated heterocycles. The third kappa shape index (κ3) is 2.54. The van der Waals surface area contributed by atoms with Crippen LogP contribution in [0.4, 0.5) is 10.5 Å². The molecular formula is C17H14AlN5O. The van der Waals surface area contributed by atoms with Crippen molar-refractivity contribution < 1.29 is 4.79 Å². The van der Waals surface area contributed by atoms with Gasteiger partial charge < -0.3 is 19.2 Å². The molecule has 2 amide bonds. The predicted molar refractivity (Wildman–Crippen MR) is 95.0 cm³/mol. The molecule has 3 N–H and O–H groups in total. The van der Waals surface area contributed by atoms with Crippen LogP contribution in [0.1, 0.15) is 5.56 Å². The Morgan fingerprint density at radius 3 is 3.00 bits per heavy atom. The number of carbonyl (C=O) groups is 1. The van der Waals surface area contributed by atoms with Crippen molar-refractivity contribution in [2.75, 3.05) is 5.32 Å². The van der Waals surface area contributed by atoms with Crippen molar-refractivity contribution in [3.05, 3.63) is 60.6 Å². The van der Waals surface area contributed by atoms with E-state index in [0.29, 0.717) is 0 Å². The molecule has 0 aliphatic carbocycles. The molecule has 116 valence electrons. The monoisotopic (exact) mass is 331 g/mol. The van der Waals surface area contributed by atoms with Crippen LogP contribution in [-0.4, -0.2) is 37.1 Å². The Morgan fingerprint density at radius 2 is 2.12 bits per heavy atom. The van der Waals surface area contributed by atoms with Crippen molar-refractivity contribution in [2.24, 2.45) is 0 Å². The first-order chi connectivity index (χ1) is 11.8. The molecule has 0 unspecified atom stereocenters. The minimum absolute atomic E-state index is 0.261. The maximum atomic E-state index is 11.6. The van der Waals surface area contributed by atoms with Gasteiger partial charge in [-0.25, -0.2) is 4.98 Å². The van der Waals surface area contributed by atoms with Crippen molar-refractivity contribution in [1.29, 1.82) is 0 Å². The van der Waals surface area contributed by atoms with E-state index in [4.69, 9.17) is 0 Å². The second-order valence-electron chi connectivity index (χ2n) is 5.49. The van der Waals surface area contributed by atoms with Gasteiger partial charge in [0.1, 0.15) is 5.65 Å². The lowest BCUT2D eigenvalue weighted by Crippen LogP contribution is -2.25. The van der Waals surface area contributed by atoms with Crippen molar-refractivity contribution >= 4 is 50.2 Å². The smallest absolute Gasteiger partial charge is 0.313 e. The molecule has 0 saturated carbocycles. The summed E-state index contributed by atoms with van der Waals surface area (Å²) in [6.45, 7) is 0.731. The Balaban J connectivity index is 1.73. The van der Waals surface area contributed by atoms with E-state index in [1.54, 1.807) is 6.20 Å². The van der Waals surface area contributed by atoms with Gasteiger partial charge in [-0.1, -0.05) is 6.07 Å². The Kier molecular flexibility index (Phi) is 3.73. The average Bonchev–Trinajstić information content (AvgIpc) is 3.21. The van der Waals surface area contributed by atoms with Crippen molar-refractivity contribution in [3.63, 3.8) is 0 Å². The highest BCUT2D eigenvalue weighted by atomic mass is 27.1. The fourth-order valence-corrected chi connectivity index (χ4v) is 3.03. The summed E-state index contributed by atoms with van der Waals surface area (Å²) in [4.78, 5) is 19.1. The molecule has 0 spiro atoms. The summed E-state index contributed by atoms with van der Waals surface area (Å²) in [5, 5.41) is 4.96. The highest BCUT2D eigenvalue weighted by Crippen LogP contribution is 2.26. The number of nitrogens with zero attached hydrogens (tertiary/aromatic N) is 2. The van der Waals surface area contributed by atoms with Gasteiger partial charge in [0, 0.05) is 35.9 Å². The average molecular weight is 331 g/mol. The zero-order valence-corrected chi connectivity index (χ0v) is 13.9. The van der Waals surface area contributed by atoms with Gasteiger partial charge in [0.05, 0.1) is 11.2 Å². The molecule has 6 nitrogen and oxygen atoms in total. The molecule has 0 fully saturated rings. The molecule has 1 aromatic carbocycles. The van der Waals surface area contributed by atoms with Crippen LogP contribution in [0.5, 0.6) is 0 Å². The lowest BCUT2D eigenvalue weighted by molar-refractivity contribution is 0.257. The number of benzene rings is 1. The molecule has 4 rings (SSSR count). The van der Waals surface area contributed by atoms with Gasteiger partial charge in [-0.3, -0.25) is 4.79 Å². The summed E-state index contributed by atoms with van der Waals surface area (Å²) >= 11 is 2.19. The van der Waals surface area contributed by atoms with Gasteiger partial charge in [-0.2, -0.15) is 0 Å². The van der Waals surface area contributed by atoms with Gasteiger partial charge in [-0.15, -0.1) is 0 Å². The molecule has 2 radical (unpaired) electrons. The molecule has 3 aromatic heterocycles. The Labute approximate surface area is 146 Å². The lowest BCUT2D eigenvalue weighted by Gasteiger charge is -2.08. The van der Waals surface area contributed by atoms with Crippen LogP contribution in [0.2, 0.25) is 0 Å². The summed E-state index contributed by atoms with van der Waals surface area (Å²) in [5.41, 5.74) is 3.92. The molecule has 24 heavy (non-hydrogen) atoms. The number of aromatic amines is 1. The van der Waals surface area contributed by atoms with E-state index < -0.39 is 0 Å². The summed E-state index contributed by atoms with van der Waals surface area (Å²) < 4.78 is 4.65. The zero-order valence-electron chi connectivity index (χ0n) is 12.8. The van der Waals surface area contributed by atoms with Crippen molar-refractivity contribution in [2.45, 2.75) is 6.54 Å². The van der Waals surface area contributed by atoms with E-state index in [2.05, 4.69) is 46.7 Å². The predicted octanol–water partition coefficient (Wildman–Crippen LogP) is 2.77. The number of fused-ring (bicyclic) bond motifs is 2. The van der Waals surface area contributed by atoms with E-state index >= 15 is 0 Å². The first kappa shape index (κ1) is 14.8. The number of urea groups is 1. The number of carbonyl (C=O) groups excluding carboxylic acids is 1. The van der Waals surface area contributed by atoms with Crippen LogP contribution < -0.4 is 9.62 Å². The minimum Gasteiger partial charge on any atom is -0.446 e. The van der Waals surface area contributed by atoms with Crippen molar-refractivity contribution in [3.8, 4) is 0 Å². The van der Waals surface area contributed by atoms with Crippen LogP contribution in [-0.2, 0) is 6.54 Å². The summed E-state index contributed by atoms with van der Waals surface area (Å²) in [6.07, 6.45) is 5.81. The maximum Gasteiger partial charge on any atom is 0.313 e. The number of anilines is 1. The van der Waals surface area contributed by atoms with Crippen LogP contribution in [0.25, 0.3) is 21.9 Å². The molecule has 7 heteroatoms. The number of hydrogen-bond donors (Lipinski definition) is 3. The molecule has 0 aliphatic heterocycles. The fourth-order valence-electron chi connectivity index (χ4n) is 2.96. The number of H-pyrrole nitrogens is 1. The van der Waals surface area contributed by atoms with E-state index in [9.17, 15) is 4.79 Å². The summed E-state index contributed by atoms with van der Waals surface area (Å²) in [5.74, 6) is 0. The second-order valence-corrected chi connectivity index (χ2v) is 5.78. The fraction of sp³-hybridized carbons (Fsp3) is 0.0588.